The Bertz CT molecular complexity index is 521. The molecule has 18 heavy (non-hydrogen) atoms. The zero-order valence-corrected chi connectivity index (χ0v) is 11.3. The van der Waals surface area contributed by atoms with Gasteiger partial charge in [-0.3, -0.25) is 0 Å². The number of benzene rings is 2. The van der Waals surface area contributed by atoms with Crippen molar-refractivity contribution in [3.63, 3.8) is 0 Å². The molecule has 0 saturated heterocycles. The molecule has 94 valence electrons. The van der Waals surface area contributed by atoms with Crippen LogP contribution in [0.2, 0.25) is 0 Å². The van der Waals surface area contributed by atoms with Gasteiger partial charge in [-0.1, -0.05) is 48.5 Å². The lowest BCUT2D eigenvalue weighted by atomic mass is 9.89. The maximum absolute atomic E-state index is 10.2. The summed E-state index contributed by atoms with van der Waals surface area (Å²) in [5.74, 6) is 0. The molecular formula is C17H20O. The molecule has 2 aromatic carbocycles. The SMILES string of the molecule is Cc1c(Cc2ccccc2)cccc1C(C)(C)O. The molecule has 2 aromatic rings. The van der Waals surface area contributed by atoms with Crippen LogP contribution in [0.5, 0.6) is 0 Å². The third-order valence-corrected chi connectivity index (χ3v) is 3.34. The molecule has 1 nitrogen and oxygen atoms in total. The predicted molar refractivity (Wildman–Crippen MR) is 75.7 cm³/mol. The number of aliphatic hydroxyl groups is 1. The van der Waals surface area contributed by atoms with Gasteiger partial charge in [0.15, 0.2) is 0 Å². The summed E-state index contributed by atoms with van der Waals surface area (Å²) in [6, 6.07) is 16.6. The van der Waals surface area contributed by atoms with Gasteiger partial charge in [-0.05, 0) is 49.4 Å². The smallest absolute Gasteiger partial charge is 0.0843 e. The Balaban J connectivity index is 2.36. The molecule has 2 rings (SSSR count). The van der Waals surface area contributed by atoms with E-state index < -0.39 is 5.60 Å². The lowest BCUT2D eigenvalue weighted by Gasteiger charge is -2.22. The molecule has 0 bridgehead atoms. The van der Waals surface area contributed by atoms with Crippen LogP contribution in [-0.2, 0) is 12.0 Å². The van der Waals surface area contributed by atoms with E-state index in [0.717, 1.165) is 12.0 Å². The lowest BCUT2D eigenvalue weighted by Crippen LogP contribution is -2.17. The van der Waals surface area contributed by atoms with E-state index in [9.17, 15) is 5.11 Å². The molecule has 0 heterocycles. The minimum Gasteiger partial charge on any atom is -0.386 e. The van der Waals surface area contributed by atoms with Crippen LogP contribution in [0.15, 0.2) is 48.5 Å². The summed E-state index contributed by atoms with van der Waals surface area (Å²) in [5, 5.41) is 10.2. The summed E-state index contributed by atoms with van der Waals surface area (Å²) in [7, 11) is 0. The molecular weight excluding hydrogens is 220 g/mol. The quantitative estimate of drug-likeness (QED) is 0.865. The van der Waals surface area contributed by atoms with Gasteiger partial charge in [-0.25, -0.2) is 0 Å². The average molecular weight is 240 g/mol. The van der Waals surface area contributed by atoms with E-state index in [1.54, 1.807) is 0 Å². The second kappa shape index (κ2) is 4.95. The van der Waals surface area contributed by atoms with E-state index in [4.69, 9.17) is 0 Å². The molecule has 1 heteroatoms. The summed E-state index contributed by atoms with van der Waals surface area (Å²) in [6.07, 6.45) is 0.913. The molecule has 0 aliphatic heterocycles. The molecule has 0 unspecified atom stereocenters. The fourth-order valence-electron chi connectivity index (χ4n) is 2.35. The Kier molecular flexibility index (Phi) is 3.53. The van der Waals surface area contributed by atoms with Crippen LogP contribution in [0, 0.1) is 6.92 Å². The van der Waals surface area contributed by atoms with E-state index >= 15 is 0 Å². The van der Waals surface area contributed by atoms with Gasteiger partial charge in [0.1, 0.15) is 0 Å². The zero-order chi connectivity index (χ0) is 13.2. The van der Waals surface area contributed by atoms with Gasteiger partial charge in [0.05, 0.1) is 5.60 Å². The number of hydrogen-bond acceptors (Lipinski definition) is 1. The molecule has 0 aliphatic rings. The van der Waals surface area contributed by atoms with Crippen molar-refractivity contribution < 1.29 is 5.11 Å². The van der Waals surface area contributed by atoms with Crippen molar-refractivity contribution in [3.05, 3.63) is 70.8 Å². The molecule has 0 radical (unpaired) electrons. The highest BCUT2D eigenvalue weighted by molar-refractivity contribution is 5.39. The Hall–Kier alpha value is -1.60. The third kappa shape index (κ3) is 2.80. The van der Waals surface area contributed by atoms with Crippen LogP contribution in [0.4, 0.5) is 0 Å². The van der Waals surface area contributed by atoms with E-state index in [1.807, 2.05) is 32.0 Å². The van der Waals surface area contributed by atoms with E-state index in [2.05, 4.69) is 37.3 Å². The lowest BCUT2D eigenvalue weighted by molar-refractivity contribution is 0.0778. The molecule has 0 saturated carbocycles. The van der Waals surface area contributed by atoms with Gasteiger partial charge in [-0.15, -0.1) is 0 Å². The Morgan fingerprint density at radius 3 is 2.22 bits per heavy atom. The second-order valence-electron chi connectivity index (χ2n) is 5.31. The van der Waals surface area contributed by atoms with Crippen molar-refractivity contribution >= 4 is 0 Å². The van der Waals surface area contributed by atoms with Crippen LogP contribution in [-0.4, -0.2) is 5.11 Å². The van der Waals surface area contributed by atoms with E-state index in [-0.39, 0.29) is 0 Å². The summed E-state index contributed by atoms with van der Waals surface area (Å²) in [6.45, 7) is 5.76. The Morgan fingerprint density at radius 2 is 1.61 bits per heavy atom. The van der Waals surface area contributed by atoms with Crippen LogP contribution >= 0.6 is 0 Å². The standard InChI is InChI=1S/C17H20O/c1-13-15(12-14-8-5-4-6-9-14)10-7-11-16(13)17(2,3)18/h4-11,18H,12H2,1-3H3. The minimum absolute atomic E-state index is 0.781. The minimum atomic E-state index is -0.781. The van der Waals surface area contributed by atoms with Gasteiger partial charge in [-0.2, -0.15) is 0 Å². The Labute approximate surface area is 109 Å². The Morgan fingerprint density at radius 1 is 0.944 bits per heavy atom. The first kappa shape index (κ1) is 12.8. The first-order valence-electron chi connectivity index (χ1n) is 6.34. The first-order valence-corrected chi connectivity index (χ1v) is 6.34. The van der Waals surface area contributed by atoms with Crippen LogP contribution in [0.25, 0.3) is 0 Å². The van der Waals surface area contributed by atoms with Crippen molar-refractivity contribution in [2.45, 2.75) is 32.8 Å². The van der Waals surface area contributed by atoms with Gasteiger partial charge in [0.25, 0.3) is 0 Å². The molecule has 0 aliphatic carbocycles. The second-order valence-corrected chi connectivity index (χ2v) is 5.31. The zero-order valence-electron chi connectivity index (χ0n) is 11.3. The van der Waals surface area contributed by atoms with Crippen LogP contribution in [0.1, 0.15) is 36.1 Å². The topological polar surface area (TPSA) is 20.2 Å². The van der Waals surface area contributed by atoms with Crippen molar-refractivity contribution in [1.82, 2.24) is 0 Å². The molecule has 0 fully saturated rings. The highest BCUT2D eigenvalue weighted by Gasteiger charge is 2.19. The first-order chi connectivity index (χ1) is 8.48. The molecule has 0 atom stereocenters. The maximum Gasteiger partial charge on any atom is 0.0843 e. The summed E-state index contributed by atoms with van der Waals surface area (Å²) in [4.78, 5) is 0. The van der Waals surface area contributed by atoms with Crippen molar-refractivity contribution in [1.29, 1.82) is 0 Å². The van der Waals surface area contributed by atoms with Gasteiger partial charge >= 0.3 is 0 Å². The summed E-state index contributed by atoms with van der Waals surface area (Å²) in [5.41, 5.74) is 4.00. The monoisotopic (exact) mass is 240 g/mol. The van der Waals surface area contributed by atoms with Crippen molar-refractivity contribution in [2.75, 3.05) is 0 Å². The normalized spacial score (nSPS) is 11.6. The highest BCUT2D eigenvalue weighted by Crippen LogP contribution is 2.26. The van der Waals surface area contributed by atoms with E-state index in [1.165, 1.54) is 16.7 Å². The summed E-state index contributed by atoms with van der Waals surface area (Å²) < 4.78 is 0. The third-order valence-electron chi connectivity index (χ3n) is 3.34. The van der Waals surface area contributed by atoms with Gasteiger partial charge in [0.2, 0.25) is 0 Å². The maximum atomic E-state index is 10.2. The number of rotatable bonds is 3. The molecule has 0 spiro atoms. The summed E-state index contributed by atoms with van der Waals surface area (Å²) >= 11 is 0. The predicted octanol–water partition coefficient (Wildman–Crippen LogP) is 3.81. The van der Waals surface area contributed by atoms with Crippen molar-refractivity contribution in [2.24, 2.45) is 0 Å². The number of hydrogen-bond donors (Lipinski definition) is 1. The van der Waals surface area contributed by atoms with Crippen LogP contribution < -0.4 is 0 Å². The van der Waals surface area contributed by atoms with Gasteiger partial charge in [0, 0.05) is 0 Å². The fourth-order valence-corrected chi connectivity index (χ4v) is 2.35. The van der Waals surface area contributed by atoms with E-state index in [0.29, 0.717) is 0 Å². The average Bonchev–Trinajstić information content (AvgIpc) is 2.32. The van der Waals surface area contributed by atoms with Crippen LogP contribution in [0.3, 0.4) is 0 Å². The highest BCUT2D eigenvalue weighted by atomic mass is 16.3. The fraction of sp³-hybridized carbons (Fsp3) is 0.294. The van der Waals surface area contributed by atoms with Crippen molar-refractivity contribution in [3.8, 4) is 0 Å². The molecule has 1 N–H and O–H groups in total. The largest absolute Gasteiger partial charge is 0.386 e. The molecule has 0 aromatic heterocycles. The van der Waals surface area contributed by atoms with Gasteiger partial charge < -0.3 is 5.11 Å². The molecule has 0 amide bonds.